The number of fused-ring (bicyclic) bond motifs is 1. The Morgan fingerprint density at radius 3 is 2.59 bits per heavy atom. The van der Waals surface area contributed by atoms with Crippen molar-refractivity contribution >= 4 is 28.6 Å². The molecule has 4 rings (SSSR count). The summed E-state index contributed by atoms with van der Waals surface area (Å²) in [6.45, 7) is 4.24. The Hall–Kier alpha value is -4.17. The minimum absolute atomic E-state index is 0.00114. The number of carbonyl (C=O) groups excluding carboxylic acids is 1. The van der Waals surface area contributed by atoms with Gasteiger partial charge in [-0.3, -0.25) is 4.79 Å². The molecule has 0 spiro atoms. The van der Waals surface area contributed by atoms with Gasteiger partial charge in [-0.1, -0.05) is 54.1 Å². The molecule has 0 atom stereocenters. The van der Waals surface area contributed by atoms with Gasteiger partial charge in [-0.15, -0.1) is 0 Å². The molecule has 0 bridgehead atoms. The highest BCUT2D eigenvalue weighted by Crippen LogP contribution is 2.25. The molecule has 3 aromatic carbocycles. The second-order valence-electron chi connectivity index (χ2n) is 7.76. The van der Waals surface area contributed by atoms with Crippen LogP contribution in [-0.2, 0) is 11.3 Å². The highest BCUT2D eigenvalue weighted by molar-refractivity contribution is 6.11. The second kappa shape index (κ2) is 8.91. The molecule has 0 aliphatic heterocycles. The van der Waals surface area contributed by atoms with E-state index >= 15 is 0 Å². The molecule has 1 N–H and O–H groups in total. The van der Waals surface area contributed by atoms with Crippen LogP contribution in [0.15, 0.2) is 78.5 Å². The summed E-state index contributed by atoms with van der Waals surface area (Å²) < 4.78 is 16.1. The summed E-state index contributed by atoms with van der Waals surface area (Å²) in [5.74, 6) is -0.738. The fourth-order valence-corrected chi connectivity index (χ4v) is 3.78. The molecule has 158 valence electrons. The predicted molar refractivity (Wildman–Crippen MR) is 126 cm³/mol. The van der Waals surface area contributed by atoms with Crippen molar-refractivity contribution in [1.82, 2.24) is 4.57 Å². The van der Waals surface area contributed by atoms with Gasteiger partial charge in [0.05, 0.1) is 6.54 Å². The number of para-hydroxylation sites is 1. The first-order valence-corrected chi connectivity index (χ1v) is 10.3. The summed E-state index contributed by atoms with van der Waals surface area (Å²) in [5, 5.41) is 13.4. The van der Waals surface area contributed by atoms with Crippen molar-refractivity contribution in [3.8, 4) is 6.07 Å². The monoisotopic (exact) mass is 423 g/mol. The predicted octanol–water partition coefficient (Wildman–Crippen LogP) is 5.99. The molecule has 0 saturated heterocycles. The number of amides is 1. The normalized spacial score (nSPS) is 11.4. The van der Waals surface area contributed by atoms with Crippen LogP contribution in [0, 0.1) is 31.0 Å². The maximum Gasteiger partial charge on any atom is 0.266 e. The van der Waals surface area contributed by atoms with Gasteiger partial charge in [0.25, 0.3) is 5.91 Å². The third kappa shape index (κ3) is 4.30. The molecule has 1 amide bonds. The summed E-state index contributed by atoms with van der Waals surface area (Å²) in [6.07, 6.45) is 3.43. The number of anilines is 1. The minimum atomic E-state index is -0.467. The van der Waals surface area contributed by atoms with Gasteiger partial charge in [0.2, 0.25) is 0 Å². The Bertz CT molecular complexity index is 1390. The highest BCUT2D eigenvalue weighted by Gasteiger charge is 2.14. The number of nitrogens with one attached hydrogen (secondary N) is 1. The maximum absolute atomic E-state index is 14.2. The molecule has 0 saturated carbocycles. The van der Waals surface area contributed by atoms with Crippen LogP contribution in [0.3, 0.4) is 0 Å². The molecule has 0 aliphatic rings. The quantitative estimate of drug-likeness (QED) is 0.317. The van der Waals surface area contributed by atoms with Crippen LogP contribution in [0.1, 0.15) is 22.3 Å². The number of rotatable bonds is 5. The molecular formula is C27H22FN3O. The summed E-state index contributed by atoms with van der Waals surface area (Å²) in [6, 6.07) is 22.1. The van der Waals surface area contributed by atoms with Crippen LogP contribution >= 0.6 is 0 Å². The lowest BCUT2D eigenvalue weighted by Crippen LogP contribution is -2.14. The number of aryl methyl sites for hydroxylation is 2. The second-order valence-corrected chi connectivity index (χ2v) is 7.76. The number of hydrogen-bond acceptors (Lipinski definition) is 2. The number of nitriles is 1. The van der Waals surface area contributed by atoms with Crippen LogP contribution in [0.4, 0.5) is 10.1 Å². The molecule has 0 fully saturated rings. The SMILES string of the molecule is Cc1ccc(NC(=O)/C(C#N)=C/c2cn(Cc3ccccc3F)c3ccccc23)c(C)c1. The molecule has 4 nitrogen and oxygen atoms in total. The van der Waals surface area contributed by atoms with Crippen LogP contribution in [0.25, 0.3) is 17.0 Å². The van der Waals surface area contributed by atoms with Gasteiger partial charge in [-0.2, -0.15) is 5.26 Å². The number of carbonyl (C=O) groups is 1. The van der Waals surface area contributed by atoms with E-state index in [2.05, 4.69) is 5.32 Å². The number of hydrogen-bond donors (Lipinski definition) is 1. The lowest BCUT2D eigenvalue weighted by Gasteiger charge is -2.08. The van der Waals surface area contributed by atoms with Crippen molar-refractivity contribution in [3.63, 3.8) is 0 Å². The third-order valence-corrected chi connectivity index (χ3v) is 5.41. The van der Waals surface area contributed by atoms with Crippen LogP contribution in [0.2, 0.25) is 0 Å². The molecule has 5 heteroatoms. The van der Waals surface area contributed by atoms with E-state index in [-0.39, 0.29) is 11.4 Å². The zero-order valence-electron chi connectivity index (χ0n) is 17.9. The van der Waals surface area contributed by atoms with E-state index in [9.17, 15) is 14.4 Å². The van der Waals surface area contributed by atoms with E-state index in [1.165, 1.54) is 6.07 Å². The average Bonchev–Trinajstić information content (AvgIpc) is 3.13. The Morgan fingerprint density at radius 1 is 1.09 bits per heavy atom. The number of benzene rings is 3. The van der Waals surface area contributed by atoms with Crippen LogP contribution < -0.4 is 5.32 Å². The molecule has 32 heavy (non-hydrogen) atoms. The molecule has 0 radical (unpaired) electrons. The largest absolute Gasteiger partial charge is 0.342 e. The zero-order valence-corrected chi connectivity index (χ0v) is 17.9. The average molecular weight is 423 g/mol. The topological polar surface area (TPSA) is 57.8 Å². The van der Waals surface area contributed by atoms with E-state index in [1.807, 2.05) is 73.1 Å². The lowest BCUT2D eigenvalue weighted by atomic mass is 10.1. The van der Waals surface area contributed by atoms with Gasteiger partial charge in [0.15, 0.2) is 0 Å². The molecule has 1 aromatic heterocycles. The summed E-state index contributed by atoms with van der Waals surface area (Å²) in [7, 11) is 0. The van der Waals surface area contributed by atoms with Gasteiger partial charge in [0, 0.05) is 33.9 Å². The third-order valence-electron chi connectivity index (χ3n) is 5.41. The van der Waals surface area contributed by atoms with Crippen molar-refractivity contribution in [1.29, 1.82) is 5.26 Å². The van der Waals surface area contributed by atoms with E-state index in [1.54, 1.807) is 24.3 Å². The first kappa shape index (κ1) is 21.1. The van der Waals surface area contributed by atoms with Gasteiger partial charge in [-0.05, 0) is 43.7 Å². The molecule has 0 aliphatic carbocycles. The summed E-state index contributed by atoms with van der Waals surface area (Å²) >= 11 is 0. The molecule has 0 unspecified atom stereocenters. The van der Waals surface area contributed by atoms with Crippen molar-refractivity contribution in [3.05, 3.63) is 107 Å². The number of nitrogens with zero attached hydrogens (tertiary/aromatic N) is 2. The minimum Gasteiger partial charge on any atom is -0.342 e. The van der Waals surface area contributed by atoms with Gasteiger partial charge in [-0.25, -0.2) is 4.39 Å². The van der Waals surface area contributed by atoms with E-state index in [4.69, 9.17) is 0 Å². The smallest absolute Gasteiger partial charge is 0.266 e. The van der Waals surface area contributed by atoms with Gasteiger partial charge in [0.1, 0.15) is 17.5 Å². The molecule has 1 heterocycles. The fourth-order valence-electron chi connectivity index (χ4n) is 3.78. The van der Waals surface area contributed by atoms with Crippen LogP contribution in [-0.4, -0.2) is 10.5 Å². The first-order valence-electron chi connectivity index (χ1n) is 10.3. The zero-order chi connectivity index (χ0) is 22.7. The Morgan fingerprint density at radius 2 is 1.84 bits per heavy atom. The standard InChI is InChI=1S/C27H22FN3O/c1-18-11-12-25(19(2)13-18)30-27(32)21(15-29)14-22-17-31(26-10-6-4-8-23(22)26)16-20-7-3-5-9-24(20)28/h3-14,17H,16H2,1-2H3,(H,30,32)/b21-14+. The van der Waals surface area contributed by atoms with E-state index in [0.717, 1.165) is 27.6 Å². The van der Waals surface area contributed by atoms with Crippen molar-refractivity contribution in [2.24, 2.45) is 0 Å². The highest BCUT2D eigenvalue weighted by atomic mass is 19.1. The molecule has 4 aromatic rings. The van der Waals surface area contributed by atoms with Gasteiger partial charge >= 0.3 is 0 Å². The maximum atomic E-state index is 14.2. The van der Waals surface area contributed by atoms with E-state index < -0.39 is 5.91 Å². The summed E-state index contributed by atoms with van der Waals surface area (Å²) in [4.78, 5) is 12.8. The fraction of sp³-hybridized carbons (Fsp3) is 0.111. The number of aromatic nitrogens is 1. The van der Waals surface area contributed by atoms with Crippen molar-refractivity contribution in [2.45, 2.75) is 20.4 Å². The Balaban J connectivity index is 1.69. The van der Waals surface area contributed by atoms with E-state index in [0.29, 0.717) is 17.8 Å². The Kier molecular flexibility index (Phi) is 5.87. The molecular weight excluding hydrogens is 401 g/mol. The first-order chi connectivity index (χ1) is 15.5. The van der Waals surface area contributed by atoms with Gasteiger partial charge < -0.3 is 9.88 Å². The van der Waals surface area contributed by atoms with Crippen molar-refractivity contribution in [2.75, 3.05) is 5.32 Å². The van der Waals surface area contributed by atoms with Crippen LogP contribution in [0.5, 0.6) is 0 Å². The lowest BCUT2D eigenvalue weighted by molar-refractivity contribution is -0.112. The Labute approximate surface area is 186 Å². The van der Waals surface area contributed by atoms with Crippen molar-refractivity contribution < 1.29 is 9.18 Å². The number of halogens is 1. The summed E-state index contributed by atoms with van der Waals surface area (Å²) in [5.41, 5.74) is 4.88.